The maximum atomic E-state index is 13.7. The summed E-state index contributed by atoms with van der Waals surface area (Å²) in [5.41, 5.74) is 8.40. The summed E-state index contributed by atoms with van der Waals surface area (Å²) >= 11 is 0. The number of nitrogens with two attached hydrogens (primary N) is 1. The fourth-order valence-electron chi connectivity index (χ4n) is 2.60. The Labute approximate surface area is 114 Å². The minimum Gasteiger partial charge on any atom is -0.395 e. The van der Waals surface area contributed by atoms with E-state index in [9.17, 15) is 9.50 Å². The number of benzene rings is 1. The number of aliphatic hydroxyl groups excluding tert-OH is 1. The van der Waals surface area contributed by atoms with Crippen LogP contribution in [-0.2, 0) is 0 Å². The molecule has 2 rings (SSSR count). The highest BCUT2D eigenvalue weighted by Gasteiger charge is 2.27. The van der Waals surface area contributed by atoms with Crippen LogP contribution in [0.3, 0.4) is 0 Å². The van der Waals surface area contributed by atoms with Gasteiger partial charge in [0.15, 0.2) is 0 Å². The zero-order valence-corrected chi connectivity index (χ0v) is 11.7. The summed E-state index contributed by atoms with van der Waals surface area (Å²) in [5, 5.41) is 9.27. The molecule has 0 aliphatic heterocycles. The largest absolute Gasteiger partial charge is 0.395 e. The Hall–Kier alpha value is -1.13. The molecule has 1 aromatic rings. The van der Waals surface area contributed by atoms with Gasteiger partial charge in [-0.2, -0.15) is 0 Å². The molecule has 3 N–H and O–H groups in total. The highest BCUT2D eigenvalue weighted by Crippen LogP contribution is 2.34. The lowest BCUT2D eigenvalue weighted by molar-refractivity contribution is 0.283. The minimum absolute atomic E-state index is 0.102. The van der Waals surface area contributed by atoms with Gasteiger partial charge in [-0.25, -0.2) is 4.39 Å². The molecule has 1 saturated carbocycles. The first-order valence-corrected chi connectivity index (χ1v) is 6.97. The average molecular weight is 266 g/mol. The molecule has 0 radical (unpaired) electrons. The van der Waals surface area contributed by atoms with Crippen LogP contribution in [-0.4, -0.2) is 24.3 Å². The summed E-state index contributed by atoms with van der Waals surface area (Å²) in [5.74, 6) is -0.214. The maximum Gasteiger partial charge on any atom is 0.126 e. The number of aliphatic hydroxyl groups is 1. The van der Waals surface area contributed by atoms with Gasteiger partial charge < -0.3 is 15.7 Å². The molecular formula is C15H23FN2O. The van der Waals surface area contributed by atoms with Gasteiger partial charge in [0.25, 0.3) is 0 Å². The molecule has 3 nitrogen and oxygen atoms in total. The molecule has 0 saturated heterocycles. The molecule has 1 unspecified atom stereocenters. The molecule has 4 heteroatoms. The van der Waals surface area contributed by atoms with E-state index in [0.717, 1.165) is 24.1 Å². The van der Waals surface area contributed by atoms with Crippen LogP contribution >= 0.6 is 0 Å². The fraction of sp³-hybridized carbons (Fsp3) is 0.600. The molecule has 0 aromatic heterocycles. The second-order valence-corrected chi connectivity index (χ2v) is 5.45. The van der Waals surface area contributed by atoms with Crippen molar-refractivity contribution in [2.24, 2.45) is 5.73 Å². The third-order valence-electron chi connectivity index (χ3n) is 3.96. The number of hydrogen-bond acceptors (Lipinski definition) is 3. The zero-order chi connectivity index (χ0) is 14.0. The first-order valence-electron chi connectivity index (χ1n) is 6.97. The van der Waals surface area contributed by atoms with Gasteiger partial charge in [-0.05, 0) is 56.4 Å². The van der Waals surface area contributed by atoms with Gasteiger partial charge in [0, 0.05) is 24.3 Å². The van der Waals surface area contributed by atoms with Crippen molar-refractivity contribution >= 4 is 5.69 Å². The molecule has 0 amide bonds. The zero-order valence-electron chi connectivity index (χ0n) is 11.7. The van der Waals surface area contributed by atoms with Crippen LogP contribution in [0.1, 0.15) is 43.4 Å². The summed E-state index contributed by atoms with van der Waals surface area (Å²) in [6, 6.07) is 3.64. The van der Waals surface area contributed by atoms with Gasteiger partial charge in [0.05, 0.1) is 6.61 Å². The Balaban J connectivity index is 2.41. The summed E-state index contributed by atoms with van der Waals surface area (Å²) < 4.78 is 13.7. The molecule has 1 aliphatic carbocycles. The van der Waals surface area contributed by atoms with E-state index in [4.69, 9.17) is 5.73 Å². The van der Waals surface area contributed by atoms with Crippen LogP contribution < -0.4 is 10.6 Å². The number of aryl methyl sites for hydroxylation is 1. The summed E-state index contributed by atoms with van der Waals surface area (Å²) in [6.45, 7) is 4.31. The maximum absolute atomic E-state index is 13.7. The number of nitrogens with zero attached hydrogens (tertiary/aromatic N) is 1. The molecule has 1 fully saturated rings. The van der Waals surface area contributed by atoms with Gasteiger partial charge in [0.2, 0.25) is 0 Å². The predicted molar refractivity (Wildman–Crippen MR) is 75.8 cm³/mol. The van der Waals surface area contributed by atoms with E-state index >= 15 is 0 Å². The van der Waals surface area contributed by atoms with Crippen molar-refractivity contribution in [1.82, 2.24) is 0 Å². The lowest BCUT2D eigenvalue weighted by Gasteiger charge is -2.40. The van der Waals surface area contributed by atoms with Gasteiger partial charge >= 0.3 is 0 Å². The lowest BCUT2D eigenvalue weighted by Crippen LogP contribution is -2.42. The molecular weight excluding hydrogens is 243 g/mol. The number of rotatable bonds is 5. The lowest BCUT2D eigenvalue weighted by atomic mass is 9.90. The third-order valence-corrected chi connectivity index (χ3v) is 3.96. The topological polar surface area (TPSA) is 49.5 Å². The molecule has 106 valence electrons. The van der Waals surface area contributed by atoms with Crippen molar-refractivity contribution in [1.29, 1.82) is 0 Å². The van der Waals surface area contributed by atoms with Gasteiger partial charge in [-0.1, -0.05) is 0 Å². The Kier molecular flexibility index (Phi) is 4.42. The molecule has 1 atom stereocenters. The summed E-state index contributed by atoms with van der Waals surface area (Å²) in [7, 11) is 0. The normalized spacial score (nSPS) is 17.1. The van der Waals surface area contributed by atoms with Crippen molar-refractivity contribution in [2.45, 2.75) is 45.2 Å². The van der Waals surface area contributed by atoms with Crippen LogP contribution in [0.5, 0.6) is 0 Å². The average Bonchev–Trinajstić information content (AvgIpc) is 2.29. The molecule has 0 spiro atoms. The highest BCUT2D eigenvalue weighted by atomic mass is 19.1. The first-order chi connectivity index (χ1) is 9.04. The number of halogens is 1. The van der Waals surface area contributed by atoms with E-state index < -0.39 is 0 Å². The van der Waals surface area contributed by atoms with Crippen LogP contribution in [0.25, 0.3) is 0 Å². The van der Waals surface area contributed by atoms with Crippen molar-refractivity contribution in [3.05, 3.63) is 29.1 Å². The van der Waals surface area contributed by atoms with Crippen LogP contribution in [0.2, 0.25) is 0 Å². The highest BCUT2D eigenvalue weighted by molar-refractivity contribution is 5.58. The standard InChI is InChI=1S/C15H23FN2O/c1-10-8-15(13(11(2)17)9-14(10)16)18(6-7-19)12-4-3-5-12/h8-9,11-12,19H,3-7,17H2,1-2H3. The first kappa shape index (κ1) is 14.3. The summed E-state index contributed by atoms with van der Waals surface area (Å²) in [4.78, 5) is 2.19. The van der Waals surface area contributed by atoms with Crippen molar-refractivity contribution in [3.63, 3.8) is 0 Å². The SMILES string of the molecule is Cc1cc(N(CCO)C2CCC2)c(C(C)N)cc1F. The van der Waals surface area contributed by atoms with Gasteiger partial charge in [0.1, 0.15) is 5.82 Å². The molecule has 19 heavy (non-hydrogen) atoms. The minimum atomic E-state index is -0.216. The van der Waals surface area contributed by atoms with Crippen LogP contribution in [0.15, 0.2) is 12.1 Å². The summed E-state index contributed by atoms with van der Waals surface area (Å²) in [6.07, 6.45) is 3.49. The fourth-order valence-corrected chi connectivity index (χ4v) is 2.60. The third kappa shape index (κ3) is 2.90. The van der Waals surface area contributed by atoms with E-state index in [1.165, 1.54) is 6.42 Å². The Morgan fingerprint density at radius 1 is 1.47 bits per heavy atom. The predicted octanol–water partition coefficient (Wildman–Crippen LogP) is 2.51. The molecule has 1 aliphatic rings. The van der Waals surface area contributed by atoms with E-state index in [1.807, 2.05) is 13.0 Å². The molecule has 0 heterocycles. The van der Waals surface area contributed by atoms with E-state index in [1.54, 1.807) is 13.0 Å². The Bertz CT molecular complexity index is 444. The van der Waals surface area contributed by atoms with E-state index in [0.29, 0.717) is 18.2 Å². The Morgan fingerprint density at radius 2 is 2.16 bits per heavy atom. The van der Waals surface area contributed by atoms with Gasteiger partial charge in [-0.15, -0.1) is 0 Å². The molecule has 1 aromatic carbocycles. The van der Waals surface area contributed by atoms with Crippen molar-refractivity contribution in [2.75, 3.05) is 18.1 Å². The number of anilines is 1. The second kappa shape index (κ2) is 5.88. The van der Waals surface area contributed by atoms with Crippen molar-refractivity contribution < 1.29 is 9.50 Å². The smallest absolute Gasteiger partial charge is 0.126 e. The monoisotopic (exact) mass is 266 g/mol. The van der Waals surface area contributed by atoms with Gasteiger partial charge in [-0.3, -0.25) is 0 Å². The Morgan fingerprint density at radius 3 is 2.63 bits per heavy atom. The van der Waals surface area contributed by atoms with Crippen molar-refractivity contribution in [3.8, 4) is 0 Å². The second-order valence-electron chi connectivity index (χ2n) is 5.45. The quantitative estimate of drug-likeness (QED) is 0.861. The number of hydrogen-bond donors (Lipinski definition) is 2. The van der Waals surface area contributed by atoms with Crippen LogP contribution in [0, 0.1) is 12.7 Å². The molecule has 0 bridgehead atoms. The van der Waals surface area contributed by atoms with E-state index in [2.05, 4.69) is 4.90 Å². The van der Waals surface area contributed by atoms with Crippen LogP contribution in [0.4, 0.5) is 10.1 Å². The van der Waals surface area contributed by atoms with E-state index in [-0.39, 0.29) is 18.5 Å².